The number of fused-ring (bicyclic) bond motifs is 14. The number of hydrogen-bond acceptors (Lipinski definition) is 4. The van der Waals surface area contributed by atoms with Gasteiger partial charge >= 0.3 is 0 Å². The fraction of sp³-hybridized carbons (Fsp3) is 0.0690. The predicted octanol–water partition coefficient (Wildman–Crippen LogP) is 10.6. The van der Waals surface area contributed by atoms with Gasteiger partial charge in [0.05, 0.1) is 33.4 Å². The molecule has 0 bridgehead atoms. The van der Waals surface area contributed by atoms with Crippen molar-refractivity contribution in [2.24, 2.45) is 0 Å². The van der Waals surface area contributed by atoms with Crippen molar-refractivity contribution in [3.05, 3.63) is 180 Å². The summed E-state index contributed by atoms with van der Waals surface area (Å²) < 4.78 is 33.1. The first kappa shape index (κ1) is 36.3. The van der Waals surface area contributed by atoms with E-state index in [2.05, 4.69) is 195 Å². The second kappa shape index (κ2) is 12.8. The van der Waals surface area contributed by atoms with E-state index in [4.69, 9.17) is 18.9 Å². The zero-order chi connectivity index (χ0) is 43.7. The predicted molar refractivity (Wildman–Crippen MR) is 269 cm³/mol. The maximum Gasteiger partial charge on any atom is 0.260 e. The molecule has 0 atom stereocenters. The lowest BCUT2D eigenvalue weighted by Gasteiger charge is -2.37. The number of para-hydroxylation sites is 6. The van der Waals surface area contributed by atoms with Gasteiger partial charge in [-0.3, -0.25) is 0 Å². The van der Waals surface area contributed by atoms with Crippen molar-refractivity contribution in [2.45, 2.75) is 27.7 Å². The standard InChI is InChI=1S/C58H38B2N2O4/c1-31-13-9-17-37-38-18-10-14-32(2)56(38)61(55(31)37)35-25-49-53-51(27-35)65-47-29-44-48(30-43(47)59(53)41-21-5-7-23-45(41)63-49)66-52-28-36(26-50-54(52)60(44)42-22-6-8-24-46(42)64-50)62-57-33(3)15-11-19-39(57)40-20-12-16-34(4)58(40)62/h5-30H,1-4H3. The van der Waals surface area contributed by atoms with E-state index in [1.54, 1.807) is 0 Å². The average molecular weight is 849 g/mol. The van der Waals surface area contributed by atoms with Crippen LogP contribution in [0.1, 0.15) is 22.3 Å². The second-order valence-electron chi connectivity index (χ2n) is 18.5. The van der Waals surface area contributed by atoms with Gasteiger partial charge < -0.3 is 28.1 Å². The van der Waals surface area contributed by atoms with Crippen LogP contribution < -0.4 is 51.7 Å². The van der Waals surface area contributed by atoms with Crippen LogP contribution in [0, 0.1) is 27.7 Å². The van der Waals surface area contributed by atoms with Gasteiger partial charge in [0.2, 0.25) is 0 Å². The Bertz CT molecular complexity index is 3650. The molecule has 310 valence electrons. The molecule has 4 aliphatic rings. The van der Waals surface area contributed by atoms with E-state index in [1.807, 2.05) is 0 Å². The second-order valence-corrected chi connectivity index (χ2v) is 18.5. The van der Waals surface area contributed by atoms with Crippen LogP contribution in [0.15, 0.2) is 158 Å². The molecule has 0 N–H and O–H groups in total. The van der Waals surface area contributed by atoms with Gasteiger partial charge in [-0.2, -0.15) is 0 Å². The molecule has 11 aromatic rings. The molecule has 4 aliphatic heterocycles. The van der Waals surface area contributed by atoms with Gasteiger partial charge in [-0.25, -0.2) is 0 Å². The molecule has 0 amide bonds. The van der Waals surface area contributed by atoms with Gasteiger partial charge in [0, 0.05) is 56.7 Å². The van der Waals surface area contributed by atoms with E-state index < -0.39 is 0 Å². The Kier molecular flexibility index (Phi) is 7.03. The number of rotatable bonds is 2. The molecule has 0 unspecified atom stereocenters. The minimum Gasteiger partial charge on any atom is -0.458 e. The maximum absolute atomic E-state index is 7.23. The lowest BCUT2D eigenvalue weighted by atomic mass is 9.32. The van der Waals surface area contributed by atoms with Gasteiger partial charge in [0.25, 0.3) is 13.4 Å². The van der Waals surface area contributed by atoms with Crippen LogP contribution >= 0.6 is 0 Å². The van der Waals surface area contributed by atoms with Gasteiger partial charge in [0.1, 0.15) is 46.0 Å². The fourth-order valence-corrected chi connectivity index (χ4v) is 12.0. The summed E-state index contributed by atoms with van der Waals surface area (Å²) in [7, 11) is 0. The van der Waals surface area contributed by atoms with Crippen molar-refractivity contribution in [2.75, 3.05) is 0 Å². The normalized spacial score (nSPS) is 13.6. The quantitative estimate of drug-likeness (QED) is 0.163. The molecular formula is C58H38B2N2O4. The van der Waals surface area contributed by atoms with Crippen LogP contribution in [0.25, 0.3) is 55.0 Å². The van der Waals surface area contributed by atoms with Crippen molar-refractivity contribution in [1.82, 2.24) is 9.13 Å². The van der Waals surface area contributed by atoms with Crippen molar-refractivity contribution in [3.8, 4) is 57.4 Å². The minimum atomic E-state index is -0.151. The van der Waals surface area contributed by atoms with Crippen LogP contribution in [0.4, 0.5) is 0 Å². The average Bonchev–Trinajstić information content (AvgIpc) is 3.87. The number of hydrogen-bond donors (Lipinski definition) is 0. The topological polar surface area (TPSA) is 46.8 Å². The first-order valence-electron chi connectivity index (χ1n) is 22.8. The number of benzene rings is 9. The van der Waals surface area contributed by atoms with Crippen molar-refractivity contribution >= 4 is 89.8 Å². The fourth-order valence-electron chi connectivity index (χ4n) is 12.0. The minimum absolute atomic E-state index is 0.151. The Labute approximate surface area is 381 Å². The molecule has 0 saturated carbocycles. The summed E-state index contributed by atoms with van der Waals surface area (Å²) in [5.74, 6) is 6.47. The molecule has 0 fully saturated rings. The zero-order valence-electron chi connectivity index (χ0n) is 36.7. The third-order valence-electron chi connectivity index (χ3n) is 14.8. The maximum atomic E-state index is 7.23. The Morgan fingerprint density at radius 3 is 0.970 bits per heavy atom. The van der Waals surface area contributed by atoms with Crippen LogP contribution in [0.5, 0.6) is 46.0 Å². The third kappa shape index (κ3) is 4.67. The first-order valence-corrected chi connectivity index (χ1v) is 22.8. The van der Waals surface area contributed by atoms with Gasteiger partial charge in [0.15, 0.2) is 0 Å². The molecular weight excluding hydrogens is 810 g/mol. The monoisotopic (exact) mass is 848 g/mol. The largest absolute Gasteiger partial charge is 0.458 e. The molecule has 15 rings (SSSR count). The van der Waals surface area contributed by atoms with Crippen LogP contribution in [-0.2, 0) is 0 Å². The van der Waals surface area contributed by atoms with Crippen molar-refractivity contribution < 1.29 is 18.9 Å². The molecule has 0 radical (unpaired) electrons. The first-order chi connectivity index (χ1) is 32.4. The summed E-state index contributed by atoms with van der Waals surface area (Å²) >= 11 is 0. The van der Waals surface area contributed by atoms with Crippen molar-refractivity contribution in [3.63, 3.8) is 0 Å². The highest BCUT2D eigenvalue weighted by atomic mass is 16.5. The third-order valence-corrected chi connectivity index (χ3v) is 14.8. The van der Waals surface area contributed by atoms with E-state index in [1.165, 1.54) is 65.9 Å². The number of aromatic nitrogens is 2. The molecule has 66 heavy (non-hydrogen) atoms. The summed E-state index contributed by atoms with van der Waals surface area (Å²) in [6.45, 7) is 8.48. The Morgan fingerprint density at radius 2 is 0.621 bits per heavy atom. The molecule has 9 aromatic carbocycles. The summed E-state index contributed by atoms with van der Waals surface area (Å²) in [5.41, 5.74) is 17.9. The zero-order valence-corrected chi connectivity index (χ0v) is 36.7. The Hall–Kier alpha value is -8.09. The smallest absolute Gasteiger partial charge is 0.260 e. The van der Waals surface area contributed by atoms with Gasteiger partial charge in [-0.1, -0.05) is 109 Å². The van der Waals surface area contributed by atoms with Gasteiger partial charge in [-0.05, 0) is 96.1 Å². The highest BCUT2D eigenvalue weighted by molar-refractivity contribution is 7.00. The lowest BCUT2D eigenvalue weighted by molar-refractivity contribution is 0.457. The van der Waals surface area contributed by atoms with E-state index in [9.17, 15) is 0 Å². The van der Waals surface area contributed by atoms with Gasteiger partial charge in [-0.15, -0.1) is 0 Å². The molecule has 2 aromatic heterocycles. The summed E-state index contributed by atoms with van der Waals surface area (Å²) in [5, 5.41) is 4.91. The van der Waals surface area contributed by atoms with E-state index in [0.29, 0.717) is 0 Å². The molecule has 0 aliphatic carbocycles. The molecule has 0 spiro atoms. The van der Waals surface area contributed by atoms with Crippen molar-refractivity contribution in [1.29, 1.82) is 0 Å². The van der Waals surface area contributed by atoms with Crippen LogP contribution in [0.2, 0.25) is 0 Å². The Morgan fingerprint density at radius 1 is 0.303 bits per heavy atom. The van der Waals surface area contributed by atoms with E-state index in [0.717, 1.165) is 90.1 Å². The molecule has 6 nitrogen and oxygen atoms in total. The summed E-state index contributed by atoms with van der Waals surface area (Å²) in [6.07, 6.45) is 0. The van der Waals surface area contributed by atoms with E-state index >= 15 is 0 Å². The SMILES string of the molecule is Cc1cccc2c3cccc(C)c3n(-c3cc4c5c(c3)Oc3cc6c(cc3B5c3ccccc3O4)Oc3cc(-n4c5c(C)cccc5c5cccc(C)c54)cc4c3B6c3ccccc3O4)c12. The lowest BCUT2D eigenvalue weighted by Crippen LogP contribution is -2.60. The van der Waals surface area contributed by atoms with E-state index in [-0.39, 0.29) is 13.4 Å². The number of ether oxygens (including phenoxy) is 4. The molecule has 0 saturated heterocycles. The summed E-state index contributed by atoms with van der Waals surface area (Å²) in [4.78, 5) is 0. The highest BCUT2D eigenvalue weighted by Gasteiger charge is 2.45. The number of aryl methyl sites for hydroxylation is 4. The molecule has 6 heterocycles. The Balaban J connectivity index is 0.955. The van der Waals surface area contributed by atoms with Crippen LogP contribution in [-0.4, -0.2) is 22.6 Å². The number of nitrogens with zero attached hydrogens (tertiary/aromatic N) is 2. The summed E-state index contributed by atoms with van der Waals surface area (Å²) in [6, 6.07) is 56.5. The highest BCUT2D eigenvalue weighted by Crippen LogP contribution is 2.44. The van der Waals surface area contributed by atoms with Crippen LogP contribution in [0.3, 0.4) is 0 Å². The molecule has 8 heteroatoms.